The maximum Gasteiger partial charge on any atom is 0.111 e. The fourth-order valence-corrected chi connectivity index (χ4v) is 0.587. The summed E-state index contributed by atoms with van der Waals surface area (Å²) in [5.74, 6) is 0.837. The van der Waals surface area contributed by atoms with Gasteiger partial charge in [-0.3, -0.25) is 4.99 Å². The molecule has 6 heavy (non-hydrogen) atoms. The van der Waals surface area contributed by atoms with E-state index in [4.69, 9.17) is 0 Å². The third kappa shape index (κ3) is 0.825. The van der Waals surface area contributed by atoms with Crippen LogP contribution in [0, 0.1) is 0 Å². The molecule has 0 saturated heterocycles. The molecule has 0 spiro atoms. The molecular weight excluding hydrogens is 96.1 g/mol. The predicted octanol–water partition coefficient (Wildman–Crippen LogP) is 0.747. The summed E-state index contributed by atoms with van der Waals surface area (Å²) in [6, 6.07) is 0. The van der Waals surface area contributed by atoms with E-state index < -0.39 is 0 Å². The zero-order chi connectivity index (χ0) is 4.24. The second kappa shape index (κ2) is 1.97. The zero-order valence-electron chi connectivity index (χ0n) is 3.16. The van der Waals surface area contributed by atoms with E-state index in [9.17, 15) is 0 Å². The van der Waals surface area contributed by atoms with Gasteiger partial charge in [0.25, 0.3) is 0 Å². The first-order valence-corrected chi connectivity index (χ1v) is 2.66. The minimum absolute atomic E-state index is 0.837. The van der Waals surface area contributed by atoms with Crippen LogP contribution in [0.1, 0.15) is 0 Å². The minimum atomic E-state index is 0.837. The van der Waals surface area contributed by atoms with Crippen LogP contribution in [-0.4, -0.2) is 17.8 Å². The van der Waals surface area contributed by atoms with E-state index in [0.29, 0.717) is 0 Å². The van der Waals surface area contributed by atoms with E-state index in [2.05, 4.69) is 9.98 Å². The number of aliphatic imine (C=N–C) groups is 2. The Kier molecular flexibility index (Phi) is 1.27. The van der Waals surface area contributed by atoms with Gasteiger partial charge >= 0.3 is 0 Å². The Labute approximate surface area is 40.4 Å². The molecule has 2 nitrogen and oxygen atoms in total. The van der Waals surface area contributed by atoms with Crippen molar-refractivity contribution in [2.24, 2.45) is 9.98 Å². The van der Waals surface area contributed by atoms with Crippen molar-refractivity contribution in [2.75, 3.05) is 5.88 Å². The molecule has 0 atom stereocenters. The van der Waals surface area contributed by atoms with Crippen molar-refractivity contribution in [1.82, 2.24) is 0 Å². The van der Waals surface area contributed by atoms with Gasteiger partial charge in [-0.25, -0.2) is 4.99 Å². The van der Waals surface area contributed by atoms with Crippen molar-refractivity contribution in [3.8, 4) is 0 Å². The molecule has 0 aromatic heterocycles. The van der Waals surface area contributed by atoms with Crippen molar-refractivity contribution in [1.29, 1.82) is 0 Å². The van der Waals surface area contributed by atoms with Crippen molar-refractivity contribution in [3.05, 3.63) is 0 Å². The van der Waals surface area contributed by atoms with Crippen molar-refractivity contribution < 1.29 is 0 Å². The molecule has 0 amide bonds. The lowest BCUT2D eigenvalue weighted by molar-refractivity contribution is 1.38. The molecular formula is C3H4N2S. The van der Waals surface area contributed by atoms with E-state index in [0.717, 1.165) is 5.88 Å². The van der Waals surface area contributed by atoms with E-state index in [1.807, 2.05) is 0 Å². The molecule has 0 aliphatic carbocycles. The molecule has 1 rings (SSSR count). The SMILES string of the molecule is C1=NC=NCS1. The Morgan fingerprint density at radius 3 is 2.83 bits per heavy atom. The van der Waals surface area contributed by atoms with Crippen LogP contribution in [0.15, 0.2) is 9.98 Å². The monoisotopic (exact) mass is 100 g/mol. The van der Waals surface area contributed by atoms with Gasteiger partial charge in [0.1, 0.15) is 6.34 Å². The lowest BCUT2D eigenvalue weighted by Crippen LogP contribution is -1.79. The van der Waals surface area contributed by atoms with E-state index >= 15 is 0 Å². The second-order valence-electron chi connectivity index (χ2n) is 0.848. The van der Waals surface area contributed by atoms with Crippen LogP contribution in [0.2, 0.25) is 0 Å². The van der Waals surface area contributed by atoms with Crippen LogP contribution in [0.5, 0.6) is 0 Å². The first-order valence-electron chi connectivity index (χ1n) is 1.62. The number of rotatable bonds is 0. The normalized spacial score (nSPS) is 18.7. The standard InChI is InChI=1S/C3H4N2S/c1-4-2-6-3-5-1/h1-2H,3H2. The Bertz CT molecular complexity index is 74.8. The van der Waals surface area contributed by atoms with Gasteiger partial charge in [-0.05, 0) is 0 Å². The highest BCUT2D eigenvalue weighted by Gasteiger charge is 1.79. The first-order chi connectivity index (χ1) is 3.00. The first kappa shape index (κ1) is 3.87. The summed E-state index contributed by atoms with van der Waals surface area (Å²) in [6.45, 7) is 0. The van der Waals surface area contributed by atoms with Gasteiger partial charge in [0.05, 0.1) is 11.4 Å². The average Bonchev–Trinajstić information content (AvgIpc) is 1.72. The molecule has 1 heterocycles. The Balaban J connectivity index is 2.46. The molecule has 3 heteroatoms. The highest BCUT2D eigenvalue weighted by molar-refractivity contribution is 8.12. The molecule has 0 unspecified atom stereocenters. The topological polar surface area (TPSA) is 24.7 Å². The Hall–Kier alpha value is -0.310. The van der Waals surface area contributed by atoms with Crippen molar-refractivity contribution >= 4 is 23.6 Å². The third-order valence-electron chi connectivity index (χ3n) is 0.433. The number of thioether (sulfide) groups is 1. The van der Waals surface area contributed by atoms with Crippen LogP contribution in [-0.2, 0) is 0 Å². The van der Waals surface area contributed by atoms with Gasteiger partial charge in [-0.2, -0.15) is 0 Å². The van der Waals surface area contributed by atoms with Crippen molar-refractivity contribution in [3.63, 3.8) is 0 Å². The molecule has 0 saturated carbocycles. The maximum atomic E-state index is 3.82. The highest BCUT2D eigenvalue weighted by atomic mass is 32.2. The summed E-state index contributed by atoms with van der Waals surface area (Å²) in [5, 5.41) is 0. The molecule has 0 radical (unpaired) electrons. The van der Waals surface area contributed by atoms with Gasteiger partial charge in [0.15, 0.2) is 0 Å². The Morgan fingerprint density at radius 2 is 2.67 bits per heavy atom. The van der Waals surface area contributed by atoms with Gasteiger partial charge in [-0.1, -0.05) is 11.8 Å². The highest BCUT2D eigenvalue weighted by Crippen LogP contribution is 1.96. The Morgan fingerprint density at radius 1 is 1.67 bits per heavy atom. The fourth-order valence-electron chi connectivity index (χ4n) is 0.227. The number of hydrogen-bond donors (Lipinski definition) is 0. The predicted molar refractivity (Wildman–Crippen MR) is 29.4 cm³/mol. The van der Waals surface area contributed by atoms with Gasteiger partial charge in [-0.15, -0.1) is 0 Å². The van der Waals surface area contributed by atoms with Crippen LogP contribution >= 0.6 is 11.8 Å². The summed E-state index contributed by atoms with van der Waals surface area (Å²) >= 11 is 1.61. The largest absolute Gasteiger partial charge is 0.262 e. The van der Waals surface area contributed by atoms with Crippen LogP contribution < -0.4 is 0 Å². The maximum absolute atomic E-state index is 3.82. The summed E-state index contributed by atoms with van der Waals surface area (Å²) in [4.78, 5) is 7.54. The number of nitrogens with zero attached hydrogens (tertiary/aromatic N) is 2. The van der Waals surface area contributed by atoms with Crippen molar-refractivity contribution in [2.45, 2.75) is 0 Å². The van der Waals surface area contributed by atoms with Crippen LogP contribution in [0.3, 0.4) is 0 Å². The lowest BCUT2D eigenvalue weighted by atomic mass is 11.2. The molecule has 0 N–H and O–H groups in total. The summed E-state index contributed by atoms with van der Waals surface area (Å²) in [6.07, 6.45) is 1.57. The smallest absolute Gasteiger partial charge is 0.111 e. The molecule has 32 valence electrons. The minimum Gasteiger partial charge on any atom is -0.262 e. The van der Waals surface area contributed by atoms with E-state index in [1.54, 1.807) is 23.6 Å². The second-order valence-corrected chi connectivity index (χ2v) is 1.65. The average molecular weight is 100 g/mol. The molecule has 0 fully saturated rings. The summed E-state index contributed by atoms with van der Waals surface area (Å²) < 4.78 is 0. The van der Waals surface area contributed by atoms with E-state index in [-0.39, 0.29) is 0 Å². The molecule has 0 aromatic carbocycles. The molecule has 1 aliphatic heterocycles. The summed E-state index contributed by atoms with van der Waals surface area (Å²) in [5.41, 5.74) is 1.78. The lowest BCUT2D eigenvalue weighted by Gasteiger charge is -1.87. The van der Waals surface area contributed by atoms with Crippen LogP contribution in [0.25, 0.3) is 0 Å². The zero-order valence-corrected chi connectivity index (χ0v) is 3.98. The van der Waals surface area contributed by atoms with Gasteiger partial charge in [0, 0.05) is 0 Å². The molecule has 1 aliphatic rings. The fraction of sp³-hybridized carbons (Fsp3) is 0.333. The summed E-state index contributed by atoms with van der Waals surface area (Å²) in [7, 11) is 0. The van der Waals surface area contributed by atoms with Gasteiger partial charge in [0.2, 0.25) is 0 Å². The molecule has 0 bridgehead atoms. The molecule has 0 aromatic rings. The van der Waals surface area contributed by atoms with Crippen LogP contribution in [0.4, 0.5) is 0 Å². The van der Waals surface area contributed by atoms with E-state index in [1.165, 1.54) is 0 Å². The number of hydrogen-bond acceptors (Lipinski definition) is 3. The van der Waals surface area contributed by atoms with Gasteiger partial charge < -0.3 is 0 Å². The third-order valence-corrected chi connectivity index (χ3v) is 1.00. The quantitative estimate of drug-likeness (QED) is 0.441.